The largest absolute Gasteiger partial charge is 0.463 e. The molecule has 2 aromatic heterocycles. The Kier molecular flexibility index (Phi) is 6.85. The molecule has 0 radical (unpaired) electrons. The lowest BCUT2D eigenvalue weighted by atomic mass is 10.2. The standard InChI is InChI=1S/C19H26N2O4S/c1-15-5-12-26-18(15)14-21(7-6-20-8-10-24-11-9-20)13-16-3-4-17(25-16)19(22)23-2/h3-5,12H,6-11,13-14H2,1-2H3. The Morgan fingerprint density at radius 3 is 2.77 bits per heavy atom. The molecule has 2 aromatic rings. The zero-order chi connectivity index (χ0) is 18.4. The molecule has 0 bridgehead atoms. The summed E-state index contributed by atoms with van der Waals surface area (Å²) >= 11 is 1.78. The monoisotopic (exact) mass is 378 g/mol. The van der Waals surface area contributed by atoms with Gasteiger partial charge in [0.25, 0.3) is 0 Å². The SMILES string of the molecule is COC(=O)c1ccc(CN(CCN2CCOCC2)Cc2sccc2C)o1. The van der Waals surface area contributed by atoms with E-state index in [9.17, 15) is 4.79 Å². The molecule has 1 aliphatic rings. The van der Waals surface area contributed by atoms with E-state index in [1.54, 1.807) is 17.4 Å². The molecular formula is C19H26N2O4S. The number of ether oxygens (including phenoxy) is 2. The molecule has 1 aliphatic heterocycles. The molecule has 0 aliphatic carbocycles. The molecule has 6 nitrogen and oxygen atoms in total. The summed E-state index contributed by atoms with van der Waals surface area (Å²) in [5.74, 6) is 0.592. The van der Waals surface area contributed by atoms with Gasteiger partial charge in [-0.15, -0.1) is 11.3 Å². The van der Waals surface area contributed by atoms with Gasteiger partial charge in [-0.05, 0) is 36.1 Å². The van der Waals surface area contributed by atoms with Crippen molar-refractivity contribution >= 4 is 17.3 Å². The van der Waals surface area contributed by atoms with E-state index in [0.29, 0.717) is 6.54 Å². The molecule has 1 saturated heterocycles. The molecule has 142 valence electrons. The third-order valence-electron chi connectivity index (χ3n) is 4.60. The molecule has 0 spiro atoms. The van der Waals surface area contributed by atoms with Crippen LogP contribution in [-0.4, -0.2) is 62.3 Å². The first-order valence-electron chi connectivity index (χ1n) is 8.88. The fourth-order valence-electron chi connectivity index (χ4n) is 2.98. The first-order chi connectivity index (χ1) is 12.7. The quantitative estimate of drug-likeness (QED) is 0.659. The molecular weight excluding hydrogens is 352 g/mol. The number of thiophene rings is 1. The predicted octanol–water partition coefficient (Wildman–Crippen LogP) is 2.77. The van der Waals surface area contributed by atoms with Crippen LogP contribution < -0.4 is 0 Å². The minimum atomic E-state index is -0.440. The minimum absolute atomic E-state index is 0.253. The van der Waals surface area contributed by atoms with Crippen LogP contribution >= 0.6 is 11.3 Å². The number of furan rings is 1. The molecule has 26 heavy (non-hydrogen) atoms. The average Bonchev–Trinajstić information content (AvgIpc) is 3.29. The maximum Gasteiger partial charge on any atom is 0.373 e. The van der Waals surface area contributed by atoms with Gasteiger partial charge in [0.05, 0.1) is 26.9 Å². The van der Waals surface area contributed by atoms with E-state index in [-0.39, 0.29) is 5.76 Å². The number of rotatable bonds is 8. The maximum absolute atomic E-state index is 11.6. The van der Waals surface area contributed by atoms with Gasteiger partial charge in [0.2, 0.25) is 5.76 Å². The summed E-state index contributed by atoms with van der Waals surface area (Å²) in [6.07, 6.45) is 0. The number of carbonyl (C=O) groups excluding carboxylic acids is 1. The highest BCUT2D eigenvalue weighted by Gasteiger charge is 2.17. The first kappa shape index (κ1) is 19.1. The summed E-state index contributed by atoms with van der Waals surface area (Å²) in [6, 6.07) is 5.69. The van der Waals surface area contributed by atoms with E-state index < -0.39 is 5.97 Å². The van der Waals surface area contributed by atoms with Crippen LogP contribution in [0.3, 0.4) is 0 Å². The number of carbonyl (C=O) groups is 1. The van der Waals surface area contributed by atoms with Crippen molar-refractivity contribution in [2.24, 2.45) is 0 Å². The van der Waals surface area contributed by atoms with Crippen LogP contribution in [0.5, 0.6) is 0 Å². The number of nitrogens with zero attached hydrogens (tertiary/aromatic N) is 2. The third kappa shape index (κ3) is 5.17. The van der Waals surface area contributed by atoms with Crippen LogP contribution in [-0.2, 0) is 22.6 Å². The van der Waals surface area contributed by atoms with Crippen LogP contribution in [0.4, 0.5) is 0 Å². The van der Waals surface area contributed by atoms with E-state index in [2.05, 4.69) is 28.2 Å². The molecule has 3 rings (SSSR count). The summed E-state index contributed by atoms with van der Waals surface area (Å²) < 4.78 is 15.8. The van der Waals surface area contributed by atoms with E-state index >= 15 is 0 Å². The molecule has 0 aromatic carbocycles. The molecule has 0 unspecified atom stereocenters. The Balaban J connectivity index is 1.64. The fraction of sp³-hybridized carbons (Fsp3) is 0.526. The Labute approximate surface area is 158 Å². The Hall–Kier alpha value is -1.67. The van der Waals surface area contributed by atoms with Crippen LogP contribution in [0.2, 0.25) is 0 Å². The molecule has 0 saturated carbocycles. The van der Waals surface area contributed by atoms with E-state index in [1.807, 2.05) is 6.07 Å². The smallest absolute Gasteiger partial charge is 0.373 e. The highest BCUT2D eigenvalue weighted by molar-refractivity contribution is 7.10. The van der Waals surface area contributed by atoms with Crippen LogP contribution in [0.25, 0.3) is 0 Å². The van der Waals surface area contributed by atoms with Gasteiger partial charge in [-0.3, -0.25) is 9.80 Å². The van der Waals surface area contributed by atoms with Gasteiger partial charge in [-0.2, -0.15) is 0 Å². The second kappa shape index (κ2) is 9.32. The van der Waals surface area contributed by atoms with Crippen LogP contribution in [0.15, 0.2) is 28.0 Å². The second-order valence-electron chi connectivity index (χ2n) is 6.45. The van der Waals surface area contributed by atoms with Gasteiger partial charge in [-0.1, -0.05) is 0 Å². The number of morpholine rings is 1. The number of hydrogen-bond donors (Lipinski definition) is 0. The van der Waals surface area contributed by atoms with Gasteiger partial charge in [0, 0.05) is 37.6 Å². The Bertz CT molecular complexity index is 706. The summed E-state index contributed by atoms with van der Waals surface area (Å²) in [5.41, 5.74) is 1.32. The highest BCUT2D eigenvalue weighted by Crippen LogP contribution is 2.20. The van der Waals surface area contributed by atoms with Crippen LogP contribution in [0.1, 0.15) is 26.8 Å². The molecule has 3 heterocycles. The fourth-order valence-corrected chi connectivity index (χ4v) is 3.93. The van der Waals surface area contributed by atoms with Crippen molar-refractivity contribution in [2.75, 3.05) is 46.5 Å². The van der Waals surface area contributed by atoms with E-state index in [1.165, 1.54) is 17.6 Å². The molecule has 0 amide bonds. The third-order valence-corrected chi connectivity index (χ3v) is 5.61. The van der Waals surface area contributed by atoms with Crippen LogP contribution in [0, 0.1) is 6.92 Å². The van der Waals surface area contributed by atoms with Gasteiger partial charge in [0.15, 0.2) is 0 Å². The van der Waals surface area contributed by atoms with Gasteiger partial charge in [0.1, 0.15) is 5.76 Å². The number of esters is 1. The number of hydrogen-bond acceptors (Lipinski definition) is 7. The van der Waals surface area contributed by atoms with Crippen molar-refractivity contribution < 1.29 is 18.7 Å². The zero-order valence-corrected chi connectivity index (χ0v) is 16.2. The lowest BCUT2D eigenvalue weighted by molar-refractivity contribution is 0.0321. The topological polar surface area (TPSA) is 55.2 Å². The average molecular weight is 378 g/mol. The van der Waals surface area contributed by atoms with E-state index in [0.717, 1.165) is 51.7 Å². The summed E-state index contributed by atoms with van der Waals surface area (Å²) in [7, 11) is 1.36. The van der Waals surface area contributed by atoms with Gasteiger partial charge < -0.3 is 13.9 Å². The van der Waals surface area contributed by atoms with Crippen molar-refractivity contribution in [1.82, 2.24) is 9.80 Å². The Morgan fingerprint density at radius 2 is 2.08 bits per heavy atom. The number of methoxy groups -OCH3 is 1. The molecule has 0 N–H and O–H groups in total. The Morgan fingerprint density at radius 1 is 1.27 bits per heavy atom. The van der Waals surface area contributed by atoms with Gasteiger partial charge in [-0.25, -0.2) is 4.79 Å². The van der Waals surface area contributed by atoms with Crippen molar-refractivity contribution in [2.45, 2.75) is 20.0 Å². The van der Waals surface area contributed by atoms with E-state index in [4.69, 9.17) is 13.9 Å². The lowest BCUT2D eigenvalue weighted by Gasteiger charge is -2.29. The summed E-state index contributed by atoms with van der Waals surface area (Å²) in [4.78, 5) is 17.8. The van der Waals surface area contributed by atoms with Gasteiger partial charge >= 0.3 is 5.97 Å². The minimum Gasteiger partial charge on any atom is -0.463 e. The summed E-state index contributed by atoms with van der Waals surface area (Å²) in [6.45, 7) is 9.21. The molecule has 1 fully saturated rings. The van der Waals surface area contributed by atoms with Crippen molar-refractivity contribution in [3.05, 3.63) is 45.5 Å². The first-order valence-corrected chi connectivity index (χ1v) is 9.76. The molecule has 7 heteroatoms. The highest BCUT2D eigenvalue weighted by atomic mass is 32.1. The molecule has 0 atom stereocenters. The van der Waals surface area contributed by atoms with Crippen molar-refractivity contribution in [1.29, 1.82) is 0 Å². The lowest BCUT2D eigenvalue weighted by Crippen LogP contribution is -2.41. The van der Waals surface area contributed by atoms with Crippen molar-refractivity contribution in [3.8, 4) is 0 Å². The predicted molar refractivity (Wildman–Crippen MR) is 100 cm³/mol. The number of aryl methyl sites for hydroxylation is 1. The normalized spacial score (nSPS) is 15.5. The zero-order valence-electron chi connectivity index (χ0n) is 15.4. The summed E-state index contributed by atoms with van der Waals surface area (Å²) in [5, 5.41) is 2.13. The second-order valence-corrected chi connectivity index (χ2v) is 7.45. The maximum atomic E-state index is 11.6. The van der Waals surface area contributed by atoms with Crippen molar-refractivity contribution in [3.63, 3.8) is 0 Å².